The molecule has 5 nitrogen and oxygen atoms in total. The molecule has 1 amide bonds. The monoisotopic (exact) mass is 407 g/mol. The Morgan fingerprint density at radius 2 is 1.67 bits per heavy atom. The Morgan fingerprint density at radius 3 is 2.37 bits per heavy atom. The number of nitrogen functional groups attached to an aromatic ring is 1. The summed E-state index contributed by atoms with van der Waals surface area (Å²) in [6.07, 6.45) is 6.47. The molecule has 5 heteroatoms. The van der Waals surface area contributed by atoms with Crippen molar-refractivity contribution in [2.24, 2.45) is 0 Å². The zero-order chi connectivity index (χ0) is 21.5. The van der Waals surface area contributed by atoms with Gasteiger partial charge in [0.05, 0.1) is 0 Å². The van der Waals surface area contributed by atoms with E-state index in [0.29, 0.717) is 42.4 Å². The minimum Gasteiger partial charge on any atom is -0.398 e. The largest absolute Gasteiger partial charge is 0.398 e. The van der Waals surface area contributed by atoms with Crippen LogP contribution in [0.2, 0.25) is 0 Å². The predicted molar refractivity (Wildman–Crippen MR) is 121 cm³/mol. The summed E-state index contributed by atoms with van der Waals surface area (Å²) in [5, 5.41) is 0. The van der Waals surface area contributed by atoms with Gasteiger partial charge in [-0.25, -0.2) is 0 Å². The van der Waals surface area contributed by atoms with Gasteiger partial charge in [-0.2, -0.15) is 0 Å². The first-order valence-electron chi connectivity index (χ1n) is 10.9. The molecule has 1 saturated carbocycles. The van der Waals surface area contributed by atoms with Gasteiger partial charge in [0.1, 0.15) is 0 Å². The van der Waals surface area contributed by atoms with E-state index in [1.54, 1.807) is 12.1 Å². The molecule has 2 N–H and O–H groups in total. The fraction of sp³-hybridized carbons (Fsp3) is 0.440. The van der Waals surface area contributed by atoms with E-state index in [-0.39, 0.29) is 11.7 Å². The van der Waals surface area contributed by atoms with E-state index in [1.807, 2.05) is 55.4 Å². The van der Waals surface area contributed by atoms with Crippen molar-refractivity contribution in [3.63, 3.8) is 0 Å². The molecule has 0 saturated heterocycles. The predicted octanol–water partition coefficient (Wildman–Crippen LogP) is 4.11. The van der Waals surface area contributed by atoms with Crippen molar-refractivity contribution in [2.75, 3.05) is 26.4 Å². The summed E-state index contributed by atoms with van der Waals surface area (Å²) in [7, 11) is 3.92. The van der Waals surface area contributed by atoms with Gasteiger partial charge in [-0.3, -0.25) is 9.59 Å². The highest BCUT2D eigenvalue weighted by Gasteiger charge is 2.22. The van der Waals surface area contributed by atoms with Crippen LogP contribution in [0.5, 0.6) is 0 Å². The van der Waals surface area contributed by atoms with Crippen LogP contribution in [-0.2, 0) is 11.3 Å². The molecule has 1 aliphatic rings. The summed E-state index contributed by atoms with van der Waals surface area (Å²) in [6, 6.07) is 15.1. The third-order valence-electron chi connectivity index (χ3n) is 6.10. The van der Waals surface area contributed by atoms with Crippen molar-refractivity contribution in [1.29, 1.82) is 0 Å². The summed E-state index contributed by atoms with van der Waals surface area (Å²) in [4.78, 5) is 29.4. The first-order chi connectivity index (χ1) is 14.5. The van der Waals surface area contributed by atoms with E-state index >= 15 is 0 Å². The van der Waals surface area contributed by atoms with Crippen LogP contribution in [0.4, 0.5) is 5.69 Å². The highest BCUT2D eigenvalue weighted by Crippen LogP contribution is 2.22. The number of carbonyl (C=O) groups excluding carboxylic acids is 2. The molecular weight excluding hydrogens is 374 g/mol. The molecule has 0 bridgehead atoms. The maximum absolute atomic E-state index is 12.7. The SMILES string of the molecule is CN(CCC(=O)N(C)C1CCCCC1)Cc1cc(C(=O)c2ccccc2)ccc1N. The van der Waals surface area contributed by atoms with Gasteiger partial charge in [-0.15, -0.1) is 0 Å². The number of nitrogens with two attached hydrogens (primary N) is 1. The number of nitrogens with zero attached hydrogens (tertiary/aromatic N) is 2. The van der Waals surface area contributed by atoms with Gasteiger partial charge < -0.3 is 15.5 Å². The molecule has 3 rings (SSSR count). The zero-order valence-electron chi connectivity index (χ0n) is 18.1. The second-order valence-corrected chi connectivity index (χ2v) is 8.39. The Morgan fingerprint density at radius 1 is 0.967 bits per heavy atom. The number of anilines is 1. The van der Waals surface area contributed by atoms with Crippen molar-refractivity contribution in [3.8, 4) is 0 Å². The normalized spacial score (nSPS) is 14.6. The maximum Gasteiger partial charge on any atom is 0.223 e. The second kappa shape index (κ2) is 10.4. The molecule has 160 valence electrons. The van der Waals surface area contributed by atoms with Crippen molar-refractivity contribution in [3.05, 3.63) is 65.2 Å². The average molecular weight is 408 g/mol. The van der Waals surface area contributed by atoms with Gasteiger partial charge in [-0.05, 0) is 43.7 Å². The van der Waals surface area contributed by atoms with E-state index in [4.69, 9.17) is 5.73 Å². The van der Waals surface area contributed by atoms with Gasteiger partial charge in [0.15, 0.2) is 5.78 Å². The first kappa shape index (κ1) is 22.0. The molecule has 0 aliphatic heterocycles. The van der Waals surface area contributed by atoms with Crippen LogP contribution in [0, 0.1) is 0 Å². The highest BCUT2D eigenvalue weighted by molar-refractivity contribution is 6.09. The van der Waals surface area contributed by atoms with E-state index in [1.165, 1.54) is 19.3 Å². The van der Waals surface area contributed by atoms with E-state index < -0.39 is 0 Å². The molecule has 2 aromatic carbocycles. The Hall–Kier alpha value is -2.66. The van der Waals surface area contributed by atoms with E-state index in [0.717, 1.165) is 18.4 Å². The average Bonchev–Trinajstić information content (AvgIpc) is 2.79. The summed E-state index contributed by atoms with van der Waals surface area (Å²) in [5.41, 5.74) is 9.03. The van der Waals surface area contributed by atoms with Crippen molar-refractivity contribution in [1.82, 2.24) is 9.80 Å². The lowest BCUT2D eigenvalue weighted by Gasteiger charge is -2.31. The molecule has 30 heavy (non-hydrogen) atoms. The molecule has 1 fully saturated rings. The Balaban J connectivity index is 1.57. The lowest BCUT2D eigenvalue weighted by atomic mass is 9.94. The summed E-state index contributed by atoms with van der Waals surface area (Å²) >= 11 is 0. The number of hydrogen-bond acceptors (Lipinski definition) is 4. The topological polar surface area (TPSA) is 66.6 Å². The molecular formula is C25H33N3O2. The van der Waals surface area contributed by atoms with Crippen LogP contribution in [0.3, 0.4) is 0 Å². The van der Waals surface area contributed by atoms with Gasteiger partial charge in [0.2, 0.25) is 5.91 Å². The number of ketones is 1. The summed E-state index contributed by atoms with van der Waals surface area (Å²) in [6.45, 7) is 1.26. The molecule has 0 radical (unpaired) electrons. The van der Waals surface area contributed by atoms with Crippen molar-refractivity contribution in [2.45, 2.75) is 51.1 Å². The number of carbonyl (C=O) groups is 2. The zero-order valence-corrected chi connectivity index (χ0v) is 18.1. The van der Waals surface area contributed by atoms with Crippen LogP contribution >= 0.6 is 0 Å². The van der Waals surface area contributed by atoms with Crippen LogP contribution in [0.1, 0.15) is 60.0 Å². The third-order valence-corrected chi connectivity index (χ3v) is 6.10. The standard InChI is InChI=1S/C25H33N3O2/c1-27(16-15-24(29)28(2)22-11-7-4-8-12-22)18-21-17-20(13-14-23(21)26)25(30)19-9-5-3-6-10-19/h3,5-6,9-10,13-14,17,22H,4,7-8,11-12,15-16,18,26H2,1-2H3. The highest BCUT2D eigenvalue weighted by atomic mass is 16.2. The number of benzene rings is 2. The quantitative estimate of drug-likeness (QED) is 0.528. The van der Waals surface area contributed by atoms with Crippen LogP contribution in [-0.4, -0.2) is 48.2 Å². The first-order valence-corrected chi connectivity index (χ1v) is 10.9. The molecule has 0 heterocycles. The fourth-order valence-electron chi connectivity index (χ4n) is 4.14. The maximum atomic E-state index is 12.7. The minimum atomic E-state index is -0.0104. The van der Waals surface area contributed by atoms with Gasteiger partial charge in [-0.1, -0.05) is 49.6 Å². The van der Waals surface area contributed by atoms with Gasteiger partial charge in [0, 0.05) is 49.4 Å². The smallest absolute Gasteiger partial charge is 0.223 e. The third kappa shape index (κ3) is 5.70. The van der Waals surface area contributed by atoms with Crippen molar-refractivity contribution >= 4 is 17.4 Å². The number of rotatable bonds is 8. The lowest BCUT2D eigenvalue weighted by Crippen LogP contribution is -2.39. The lowest BCUT2D eigenvalue weighted by molar-refractivity contribution is -0.132. The molecule has 0 aromatic heterocycles. The second-order valence-electron chi connectivity index (χ2n) is 8.39. The van der Waals surface area contributed by atoms with E-state index in [9.17, 15) is 9.59 Å². The fourth-order valence-corrected chi connectivity index (χ4v) is 4.14. The minimum absolute atomic E-state index is 0.0104. The Bertz CT molecular complexity index is 860. The van der Waals surface area contributed by atoms with Gasteiger partial charge >= 0.3 is 0 Å². The number of hydrogen-bond donors (Lipinski definition) is 1. The Labute approximate surface area is 179 Å². The van der Waals surface area contributed by atoms with Gasteiger partial charge in [0.25, 0.3) is 0 Å². The van der Waals surface area contributed by atoms with Crippen molar-refractivity contribution < 1.29 is 9.59 Å². The van der Waals surface area contributed by atoms with Crippen LogP contribution in [0.25, 0.3) is 0 Å². The van der Waals surface area contributed by atoms with E-state index in [2.05, 4.69) is 4.90 Å². The molecule has 0 unspecified atom stereocenters. The molecule has 1 aliphatic carbocycles. The molecule has 0 atom stereocenters. The summed E-state index contributed by atoms with van der Waals surface area (Å²) < 4.78 is 0. The Kier molecular flexibility index (Phi) is 7.63. The molecule has 0 spiro atoms. The van der Waals surface area contributed by atoms with Crippen LogP contribution in [0.15, 0.2) is 48.5 Å². The van der Waals surface area contributed by atoms with Crippen LogP contribution < -0.4 is 5.73 Å². The summed E-state index contributed by atoms with van der Waals surface area (Å²) in [5.74, 6) is 0.193. The number of amides is 1. The molecule has 2 aromatic rings.